The maximum atomic E-state index is 11.7. The zero-order valence-corrected chi connectivity index (χ0v) is 11.1. The number of rotatable bonds is 5. The average molecular weight is 249 g/mol. The molecule has 0 saturated heterocycles. The Labute approximate surface area is 108 Å². The number of hydrogen-bond acceptors (Lipinski definition) is 3. The van der Waals surface area contributed by atoms with Crippen molar-refractivity contribution in [3.05, 3.63) is 35.4 Å². The average Bonchev–Trinajstić information content (AvgIpc) is 2.39. The van der Waals surface area contributed by atoms with Gasteiger partial charge in [0.05, 0.1) is 7.11 Å². The number of carbonyl (C=O) groups excluding carboxylic acids is 2. The summed E-state index contributed by atoms with van der Waals surface area (Å²) in [6.45, 7) is 2.60. The van der Waals surface area contributed by atoms with E-state index in [4.69, 9.17) is 0 Å². The lowest BCUT2D eigenvalue weighted by Crippen LogP contribution is -2.28. The number of nitrogens with zero attached hydrogens (tertiary/aromatic N) is 1. The highest BCUT2D eigenvalue weighted by Crippen LogP contribution is 2.08. The van der Waals surface area contributed by atoms with Gasteiger partial charge in [-0.25, -0.2) is 0 Å². The van der Waals surface area contributed by atoms with Crippen LogP contribution in [-0.2, 0) is 27.3 Å². The van der Waals surface area contributed by atoms with Crippen molar-refractivity contribution < 1.29 is 14.3 Å². The van der Waals surface area contributed by atoms with Crippen LogP contribution in [-0.4, -0.2) is 30.9 Å². The Morgan fingerprint density at radius 1 is 1.17 bits per heavy atom. The fourth-order valence-corrected chi connectivity index (χ4v) is 1.57. The standard InChI is InChI=1S/C14H19NO3/c1-4-11-5-7-12(8-6-11)10-15(2)13(16)9-14(17)18-3/h5-8H,4,9-10H2,1-3H3. The Bertz CT molecular complexity index is 412. The Balaban J connectivity index is 2.55. The fraction of sp³-hybridized carbons (Fsp3) is 0.429. The number of aryl methyl sites for hydroxylation is 1. The molecule has 0 radical (unpaired) electrons. The maximum Gasteiger partial charge on any atom is 0.315 e. The molecule has 0 unspecified atom stereocenters. The number of esters is 1. The van der Waals surface area contributed by atoms with Gasteiger partial charge in [-0.15, -0.1) is 0 Å². The zero-order chi connectivity index (χ0) is 13.5. The molecule has 0 aliphatic carbocycles. The van der Waals surface area contributed by atoms with E-state index in [1.54, 1.807) is 7.05 Å². The molecule has 0 spiro atoms. The minimum Gasteiger partial charge on any atom is -0.469 e. The summed E-state index contributed by atoms with van der Waals surface area (Å²) < 4.78 is 4.47. The molecule has 1 rings (SSSR count). The van der Waals surface area contributed by atoms with E-state index in [1.165, 1.54) is 17.6 Å². The summed E-state index contributed by atoms with van der Waals surface area (Å²) in [4.78, 5) is 24.2. The molecule has 0 atom stereocenters. The summed E-state index contributed by atoms with van der Waals surface area (Å²) in [5.74, 6) is -0.741. The van der Waals surface area contributed by atoms with Crippen LogP contribution in [0.25, 0.3) is 0 Å². The molecule has 0 heterocycles. The molecule has 1 aromatic rings. The van der Waals surface area contributed by atoms with Crippen LogP contribution in [0.2, 0.25) is 0 Å². The van der Waals surface area contributed by atoms with E-state index in [1.807, 2.05) is 24.3 Å². The van der Waals surface area contributed by atoms with Gasteiger partial charge in [-0.3, -0.25) is 9.59 Å². The summed E-state index contributed by atoms with van der Waals surface area (Å²) in [7, 11) is 2.96. The molecule has 98 valence electrons. The number of amides is 1. The van der Waals surface area contributed by atoms with E-state index < -0.39 is 5.97 Å². The minimum absolute atomic E-state index is 0.208. The summed E-state index contributed by atoms with van der Waals surface area (Å²) in [5.41, 5.74) is 2.32. The van der Waals surface area contributed by atoms with Gasteiger partial charge >= 0.3 is 5.97 Å². The predicted octanol–water partition coefficient (Wildman–Crippen LogP) is 1.77. The predicted molar refractivity (Wildman–Crippen MR) is 68.9 cm³/mol. The first-order valence-electron chi connectivity index (χ1n) is 5.95. The lowest BCUT2D eigenvalue weighted by molar-refractivity contribution is -0.146. The summed E-state index contributed by atoms with van der Waals surface area (Å²) in [6, 6.07) is 8.10. The lowest BCUT2D eigenvalue weighted by atomic mass is 10.1. The fourth-order valence-electron chi connectivity index (χ4n) is 1.57. The summed E-state index contributed by atoms with van der Waals surface area (Å²) >= 11 is 0. The van der Waals surface area contributed by atoms with Gasteiger partial charge in [0.2, 0.25) is 5.91 Å². The third-order valence-electron chi connectivity index (χ3n) is 2.80. The highest BCUT2D eigenvalue weighted by molar-refractivity contribution is 5.94. The molecular weight excluding hydrogens is 230 g/mol. The maximum absolute atomic E-state index is 11.7. The molecule has 18 heavy (non-hydrogen) atoms. The number of ether oxygens (including phenoxy) is 1. The first kappa shape index (κ1) is 14.2. The van der Waals surface area contributed by atoms with Gasteiger partial charge in [0.15, 0.2) is 0 Å². The number of hydrogen-bond donors (Lipinski definition) is 0. The van der Waals surface area contributed by atoms with Crippen molar-refractivity contribution in [2.75, 3.05) is 14.2 Å². The van der Waals surface area contributed by atoms with Crippen LogP contribution in [0.3, 0.4) is 0 Å². The number of benzene rings is 1. The van der Waals surface area contributed by atoms with E-state index in [9.17, 15) is 9.59 Å². The molecule has 4 heteroatoms. The van der Waals surface area contributed by atoms with Gasteiger partial charge in [0, 0.05) is 13.6 Å². The first-order chi connectivity index (χ1) is 8.56. The Morgan fingerprint density at radius 2 is 1.72 bits per heavy atom. The van der Waals surface area contributed by atoms with Gasteiger partial charge in [-0.2, -0.15) is 0 Å². The molecule has 4 nitrogen and oxygen atoms in total. The summed E-state index contributed by atoms with van der Waals surface area (Å²) in [6.07, 6.45) is 0.789. The normalized spacial score (nSPS) is 9.94. The SMILES string of the molecule is CCc1ccc(CN(C)C(=O)CC(=O)OC)cc1. The number of carbonyl (C=O) groups is 2. The van der Waals surface area contributed by atoms with Crippen LogP contribution in [0.4, 0.5) is 0 Å². The second-order valence-corrected chi connectivity index (χ2v) is 4.17. The van der Waals surface area contributed by atoms with Crippen molar-refractivity contribution in [1.82, 2.24) is 4.90 Å². The third-order valence-corrected chi connectivity index (χ3v) is 2.80. The number of methoxy groups -OCH3 is 1. The minimum atomic E-state index is -0.506. The molecule has 0 aliphatic rings. The second-order valence-electron chi connectivity index (χ2n) is 4.17. The van der Waals surface area contributed by atoms with Crippen molar-refractivity contribution >= 4 is 11.9 Å². The van der Waals surface area contributed by atoms with Gasteiger partial charge in [0.1, 0.15) is 6.42 Å². The molecule has 1 aromatic carbocycles. The van der Waals surface area contributed by atoms with Crippen molar-refractivity contribution in [3.8, 4) is 0 Å². The quantitative estimate of drug-likeness (QED) is 0.590. The highest BCUT2D eigenvalue weighted by atomic mass is 16.5. The molecule has 0 fully saturated rings. The molecule has 0 saturated carbocycles. The van der Waals surface area contributed by atoms with Crippen LogP contribution < -0.4 is 0 Å². The van der Waals surface area contributed by atoms with Crippen molar-refractivity contribution in [3.63, 3.8) is 0 Å². The van der Waals surface area contributed by atoms with Gasteiger partial charge < -0.3 is 9.64 Å². The van der Waals surface area contributed by atoms with Crippen LogP contribution in [0.15, 0.2) is 24.3 Å². The molecule has 0 aromatic heterocycles. The molecule has 0 N–H and O–H groups in total. The third kappa shape index (κ3) is 4.20. The molecule has 1 amide bonds. The van der Waals surface area contributed by atoms with Crippen LogP contribution in [0, 0.1) is 0 Å². The Kier molecular flexibility index (Phi) is 5.36. The van der Waals surface area contributed by atoms with Crippen LogP contribution in [0.5, 0.6) is 0 Å². The molecule has 0 aliphatic heterocycles. The smallest absolute Gasteiger partial charge is 0.315 e. The monoisotopic (exact) mass is 249 g/mol. The van der Waals surface area contributed by atoms with Crippen molar-refractivity contribution in [2.45, 2.75) is 26.3 Å². The highest BCUT2D eigenvalue weighted by Gasteiger charge is 2.14. The Morgan fingerprint density at radius 3 is 2.22 bits per heavy atom. The van der Waals surface area contributed by atoms with E-state index in [0.717, 1.165) is 12.0 Å². The van der Waals surface area contributed by atoms with Gasteiger partial charge in [0.25, 0.3) is 0 Å². The first-order valence-corrected chi connectivity index (χ1v) is 5.95. The van der Waals surface area contributed by atoms with Crippen molar-refractivity contribution in [2.24, 2.45) is 0 Å². The molecular formula is C14H19NO3. The van der Waals surface area contributed by atoms with E-state index >= 15 is 0 Å². The summed E-state index contributed by atoms with van der Waals surface area (Å²) in [5, 5.41) is 0. The van der Waals surface area contributed by atoms with Gasteiger partial charge in [-0.05, 0) is 17.5 Å². The molecule has 0 bridgehead atoms. The zero-order valence-electron chi connectivity index (χ0n) is 11.1. The van der Waals surface area contributed by atoms with Gasteiger partial charge in [-0.1, -0.05) is 31.2 Å². The lowest BCUT2D eigenvalue weighted by Gasteiger charge is -2.16. The topological polar surface area (TPSA) is 46.6 Å². The Hall–Kier alpha value is -1.84. The van der Waals surface area contributed by atoms with Crippen molar-refractivity contribution in [1.29, 1.82) is 0 Å². The van der Waals surface area contributed by atoms with E-state index in [2.05, 4.69) is 11.7 Å². The van der Waals surface area contributed by atoms with Crippen LogP contribution in [0.1, 0.15) is 24.5 Å². The second kappa shape index (κ2) is 6.79. The van der Waals surface area contributed by atoms with E-state index in [-0.39, 0.29) is 12.3 Å². The largest absolute Gasteiger partial charge is 0.469 e. The van der Waals surface area contributed by atoms with Crippen LogP contribution >= 0.6 is 0 Å². The van der Waals surface area contributed by atoms with E-state index in [0.29, 0.717) is 6.54 Å².